The second kappa shape index (κ2) is 17.9. The van der Waals surface area contributed by atoms with Crippen molar-refractivity contribution in [3.05, 3.63) is 64.4 Å². The summed E-state index contributed by atoms with van der Waals surface area (Å²) in [6, 6.07) is 7.87. The Labute approximate surface area is 329 Å². The average molecular weight is 833 g/mol. The van der Waals surface area contributed by atoms with Gasteiger partial charge in [0.05, 0.1) is 25.4 Å². The number of methoxy groups -OCH3 is 1. The van der Waals surface area contributed by atoms with Gasteiger partial charge in [-0.2, -0.15) is 17.5 Å². The summed E-state index contributed by atoms with van der Waals surface area (Å²) < 4.78 is 100. The van der Waals surface area contributed by atoms with Gasteiger partial charge in [0, 0.05) is 54.0 Å². The molecular weight excluding hydrogens is 784 g/mol. The van der Waals surface area contributed by atoms with E-state index >= 15 is 4.39 Å². The number of alkyl halides is 3. The molecule has 3 saturated heterocycles. The molecule has 3 heterocycles. The number of amides is 3. The fraction of sp³-hybridized carbons (Fsp3) is 0.605. The SMILES string of the molecule is COC(=O)N[C@H](C(=O)Nc1cccc(F)c1CC[C@H]1CN(C(=O)OC(C)(C)C)[C@@H]2CCCS(=O)(=O)N1C2)[C@@H](c1ccc(Cl)cc1)[C@H]1CCO[C@@H](CC(F)(F)F)C1. The summed E-state index contributed by atoms with van der Waals surface area (Å²) in [5.41, 5.74) is -0.189. The van der Waals surface area contributed by atoms with Crippen LogP contribution in [0, 0.1) is 11.7 Å². The number of hydrogen-bond donors (Lipinski definition) is 2. The monoisotopic (exact) mass is 832 g/mol. The number of carbonyl (C=O) groups excluding carboxylic acids is 3. The lowest BCUT2D eigenvalue weighted by atomic mass is 9.74. The van der Waals surface area contributed by atoms with E-state index in [-0.39, 0.29) is 62.4 Å². The van der Waals surface area contributed by atoms with Crippen LogP contribution in [0.1, 0.15) is 76.3 Å². The molecule has 2 bridgehead atoms. The molecule has 3 aliphatic heterocycles. The molecule has 0 aromatic heterocycles. The number of halogens is 5. The third-order valence-corrected chi connectivity index (χ3v) is 12.6. The standard InChI is InChI=1S/C38H49ClF4N4O8S/c1-37(2,3)55-36(50)46-21-27(47-22-26(46)7-6-18-56(47,51)52)14-15-29-30(40)8-5-9-31(29)44-34(48)33(45-35(49)53-4)32(23-10-12-25(39)13-11-23)24-16-17-54-28(19-24)20-38(41,42)43/h5,8-13,24,26-28,32-33H,6-7,14-22H2,1-4H3,(H,44,48)(H,45,49)/t24-,26+,27-,28+,32-,33-/m0/s1. The lowest BCUT2D eigenvalue weighted by molar-refractivity contribution is -0.169. The Bertz CT molecular complexity index is 1830. The van der Waals surface area contributed by atoms with Crippen molar-refractivity contribution in [2.75, 3.05) is 37.9 Å². The summed E-state index contributed by atoms with van der Waals surface area (Å²) in [7, 11) is -2.60. The lowest BCUT2D eigenvalue weighted by Gasteiger charge is -2.44. The highest BCUT2D eigenvalue weighted by Crippen LogP contribution is 2.40. The van der Waals surface area contributed by atoms with Crippen molar-refractivity contribution in [2.24, 2.45) is 5.92 Å². The summed E-state index contributed by atoms with van der Waals surface area (Å²) in [6.07, 6.45) is -7.39. The van der Waals surface area contributed by atoms with Crippen molar-refractivity contribution < 1.29 is 54.6 Å². The summed E-state index contributed by atoms with van der Waals surface area (Å²) in [6.45, 7) is 5.28. The third kappa shape index (κ3) is 11.3. The smallest absolute Gasteiger partial charge is 0.410 e. The molecular formula is C38H49ClF4N4O8S. The van der Waals surface area contributed by atoms with Crippen molar-refractivity contribution in [3.8, 4) is 0 Å². The molecule has 310 valence electrons. The van der Waals surface area contributed by atoms with Crippen LogP contribution in [0.3, 0.4) is 0 Å². The quantitative estimate of drug-likeness (QED) is 0.243. The Morgan fingerprint density at radius 1 is 1.05 bits per heavy atom. The first-order valence-corrected chi connectivity index (χ1v) is 20.6. The number of fused-ring (bicyclic) bond motifs is 2. The molecule has 12 nitrogen and oxygen atoms in total. The van der Waals surface area contributed by atoms with Crippen LogP contribution in [-0.2, 0) is 35.4 Å². The van der Waals surface area contributed by atoms with E-state index in [0.717, 1.165) is 7.11 Å². The van der Waals surface area contributed by atoms with Crippen molar-refractivity contribution in [1.29, 1.82) is 0 Å². The number of carbonyl (C=O) groups is 3. The van der Waals surface area contributed by atoms with Gasteiger partial charge in [0.15, 0.2) is 0 Å². The van der Waals surface area contributed by atoms with Gasteiger partial charge in [-0.25, -0.2) is 22.4 Å². The maximum Gasteiger partial charge on any atom is 0.410 e. The highest BCUT2D eigenvalue weighted by molar-refractivity contribution is 7.89. The fourth-order valence-electron chi connectivity index (χ4n) is 7.92. The van der Waals surface area contributed by atoms with Crippen LogP contribution in [-0.4, -0.2) is 104 Å². The fourth-order valence-corrected chi connectivity index (χ4v) is 9.84. The molecule has 0 radical (unpaired) electrons. The number of anilines is 1. The van der Waals surface area contributed by atoms with Gasteiger partial charge in [-0.15, -0.1) is 0 Å². The number of alkyl carbamates (subject to hydrolysis) is 1. The van der Waals surface area contributed by atoms with Crippen LogP contribution in [0.25, 0.3) is 0 Å². The molecule has 1 unspecified atom stereocenters. The van der Waals surface area contributed by atoms with Gasteiger partial charge in [-0.3, -0.25) is 4.79 Å². The zero-order chi connectivity index (χ0) is 41.0. The molecule has 2 aromatic rings. The zero-order valence-corrected chi connectivity index (χ0v) is 33.3. The van der Waals surface area contributed by atoms with E-state index in [2.05, 4.69) is 10.6 Å². The van der Waals surface area contributed by atoms with Crippen molar-refractivity contribution in [3.63, 3.8) is 0 Å². The Hall–Kier alpha value is -3.67. The molecule has 0 saturated carbocycles. The predicted molar refractivity (Wildman–Crippen MR) is 200 cm³/mol. The first kappa shape index (κ1) is 43.5. The van der Waals surface area contributed by atoms with E-state index in [4.69, 9.17) is 25.8 Å². The Kier molecular flexibility index (Phi) is 13.9. The summed E-state index contributed by atoms with van der Waals surface area (Å²) in [5.74, 6) is -3.07. The number of piperazine rings is 1. The molecule has 18 heteroatoms. The molecule has 3 aliphatic rings. The second-order valence-electron chi connectivity index (χ2n) is 15.5. The number of benzene rings is 2. The normalized spacial score (nSPS) is 24.9. The highest BCUT2D eigenvalue weighted by atomic mass is 35.5. The molecule has 56 heavy (non-hydrogen) atoms. The molecule has 7 atom stereocenters. The second-order valence-corrected chi connectivity index (χ2v) is 18.0. The van der Waals surface area contributed by atoms with Gasteiger partial charge in [-0.05, 0) is 95.0 Å². The first-order chi connectivity index (χ1) is 26.2. The van der Waals surface area contributed by atoms with Crippen LogP contribution in [0.5, 0.6) is 0 Å². The number of nitrogens with one attached hydrogen (secondary N) is 2. The minimum Gasteiger partial charge on any atom is -0.453 e. The number of hydrogen-bond acceptors (Lipinski definition) is 8. The first-order valence-electron chi connectivity index (χ1n) is 18.6. The minimum absolute atomic E-state index is 0.0171. The molecule has 5 rings (SSSR count). The predicted octanol–water partition coefficient (Wildman–Crippen LogP) is 7.02. The van der Waals surface area contributed by atoms with Gasteiger partial charge >= 0.3 is 18.4 Å². The van der Waals surface area contributed by atoms with Gasteiger partial charge in [0.1, 0.15) is 17.5 Å². The van der Waals surface area contributed by atoms with Crippen molar-refractivity contribution in [2.45, 2.75) is 108 Å². The highest BCUT2D eigenvalue weighted by Gasteiger charge is 2.45. The van der Waals surface area contributed by atoms with Crippen LogP contribution in [0.15, 0.2) is 42.5 Å². The Balaban J connectivity index is 1.44. The van der Waals surface area contributed by atoms with Crippen LogP contribution >= 0.6 is 11.6 Å². The number of rotatable bonds is 10. The molecule has 2 N–H and O–H groups in total. The van der Waals surface area contributed by atoms with E-state index in [0.29, 0.717) is 23.4 Å². The van der Waals surface area contributed by atoms with Crippen LogP contribution in [0.2, 0.25) is 5.02 Å². The van der Waals surface area contributed by atoms with Crippen LogP contribution in [0.4, 0.5) is 32.8 Å². The molecule has 0 aliphatic carbocycles. The van der Waals surface area contributed by atoms with E-state index in [1.807, 2.05) is 0 Å². The van der Waals surface area contributed by atoms with E-state index in [9.17, 15) is 36.0 Å². The van der Waals surface area contributed by atoms with Gasteiger partial charge < -0.3 is 29.7 Å². The van der Waals surface area contributed by atoms with E-state index in [1.54, 1.807) is 49.9 Å². The third-order valence-electron chi connectivity index (χ3n) is 10.4. The summed E-state index contributed by atoms with van der Waals surface area (Å²) >= 11 is 6.16. The topological polar surface area (TPSA) is 144 Å². The lowest BCUT2D eigenvalue weighted by Crippen LogP contribution is -2.60. The van der Waals surface area contributed by atoms with Crippen molar-refractivity contribution in [1.82, 2.24) is 14.5 Å². The van der Waals surface area contributed by atoms with Crippen LogP contribution < -0.4 is 10.6 Å². The van der Waals surface area contributed by atoms with Gasteiger partial charge in [0.25, 0.3) is 0 Å². The zero-order valence-electron chi connectivity index (χ0n) is 31.7. The summed E-state index contributed by atoms with van der Waals surface area (Å²) in [4.78, 5) is 42.0. The Morgan fingerprint density at radius 3 is 2.43 bits per heavy atom. The number of nitrogens with zero attached hydrogens (tertiary/aromatic N) is 2. The largest absolute Gasteiger partial charge is 0.453 e. The molecule has 2 aromatic carbocycles. The number of ether oxygens (including phenoxy) is 3. The molecule has 0 spiro atoms. The maximum absolute atomic E-state index is 15.7. The van der Waals surface area contributed by atoms with E-state index in [1.165, 1.54) is 22.5 Å². The minimum atomic E-state index is -4.50. The van der Waals surface area contributed by atoms with Crippen molar-refractivity contribution >= 4 is 45.4 Å². The van der Waals surface area contributed by atoms with Gasteiger partial charge in [-0.1, -0.05) is 29.8 Å². The molecule has 3 amide bonds. The number of sulfonamides is 1. The van der Waals surface area contributed by atoms with E-state index < -0.39 is 88.2 Å². The van der Waals surface area contributed by atoms with Gasteiger partial charge in [0.2, 0.25) is 15.9 Å². The summed E-state index contributed by atoms with van der Waals surface area (Å²) in [5, 5.41) is 5.67. The molecule has 3 fully saturated rings. The maximum atomic E-state index is 15.7. The Morgan fingerprint density at radius 2 is 1.77 bits per heavy atom. The average Bonchev–Trinajstić information content (AvgIpc) is 3.23.